The molecule has 190 valence electrons. The summed E-state index contributed by atoms with van der Waals surface area (Å²) in [6.07, 6.45) is 3.57. The Bertz CT molecular complexity index is 1570. The van der Waals surface area contributed by atoms with Crippen LogP contribution in [0.15, 0.2) is 81.9 Å². The maximum Gasteiger partial charge on any atom is 0.335 e. The van der Waals surface area contributed by atoms with Gasteiger partial charge in [0.05, 0.1) is 27.6 Å². The first-order chi connectivity index (χ1) is 18.2. The van der Waals surface area contributed by atoms with Crippen molar-refractivity contribution in [3.8, 4) is 5.75 Å². The molecule has 8 nitrogen and oxygen atoms in total. The Kier molecular flexibility index (Phi) is 5.57. The van der Waals surface area contributed by atoms with Gasteiger partial charge in [0.15, 0.2) is 11.6 Å². The number of amides is 2. The molecule has 0 radical (unpaired) electrons. The van der Waals surface area contributed by atoms with Crippen molar-refractivity contribution >= 4 is 51.0 Å². The number of carboxylic acids is 1. The monoisotopic (exact) mass is 573 g/mol. The molecular formula is C29H20BrNO7. The van der Waals surface area contributed by atoms with E-state index in [-0.39, 0.29) is 45.9 Å². The molecule has 2 amide bonds. The number of carbonyl (C=O) groups is 5. The molecule has 2 aromatic rings. The van der Waals surface area contributed by atoms with Crippen molar-refractivity contribution in [2.24, 2.45) is 17.8 Å². The van der Waals surface area contributed by atoms with Crippen LogP contribution in [0.1, 0.15) is 34.7 Å². The molecule has 4 atom stereocenters. The van der Waals surface area contributed by atoms with Crippen molar-refractivity contribution in [1.29, 1.82) is 0 Å². The molecule has 1 fully saturated rings. The van der Waals surface area contributed by atoms with E-state index in [0.29, 0.717) is 16.7 Å². The van der Waals surface area contributed by atoms with Crippen molar-refractivity contribution in [2.45, 2.75) is 18.8 Å². The Morgan fingerprint density at radius 2 is 1.71 bits per heavy atom. The third-order valence-electron chi connectivity index (χ3n) is 7.91. The van der Waals surface area contributed by atoms with Crippen molar-refractivity contribution in [3.05, 3.63) is 93.0 Å². The lowest BCUT2D eigenvalue weighted by molar-refractivity contribution is -0.123. The summed E-state index contributed by atoms with van der Waals surface area (Å²) in [5.41, 5.74) is 2.31. The quantitative estimate of drug-likeness (QED) is 0.322. The third kappa shape index (κ3) is 3.53. The van der Waals surface area contributed by atoms with Gasteiger partial charge in [0.1, 0.15) is 5.75 Å². The number of imide groups is 1. The van der Waals surface area contributed by atoms with E-state index in [9.17, 15) is 34.2 Å². The lowest BCUT2D eigenvalue weighted by Gasteiger charge is -2.42. The highest BCUT2D eigenvalue weighted by atomic mass is 79.9. The van der Waals surface area contributed by atoms with Crippen LogP contribution in [-0.4, -0.2) is 39.6 Å². The number of phenols is 1. The molecule has 0 unspecified atom stereocenters. The van der Waals surface area contributed by atoms with Gasteiger partial charge in [-0.3, -0.25) is 24.1 Å². The van der Waals surface area contributed by atoms with E-state index in [1.165, 1.54) is 42.5 Å². The molecule has 0 spiro atoms. The van der Waals surface area contributed by atoms with Crippen LogP contribution in [0.3, 0.4) is 0 Å². The number of fused-ring (bicyclic) bond motifs is 3. The molecular weight excluding hydrogens is 554 g/mol. The molecule has 0 aromatic heterocycles. The number of rotatable bonds is 3. The molecule has 1 saturated heterocycles. The van der Waals surface area contributed by atoms with E-state index in [2.05, 4.69) is 15.9 Å². The fraction of sp³-hybridized carbons (Fsp3) is 0.207. The number of carbonyl (C=O) groups excluding carboxylic acids is 4. The van der Waals surface area contributed by atoms with Gasteiger partial charge in [-0.05, 0) is 70.6 Å². The number of aromatic carboxylic acids is 1. The first-order valence-corrected chi connectivity index (χ1v) is 12.9. The Morgan fingerprint density at radius 3 is 2.42 bits per heavy atom. The molecule has 3 aliphatic carbocycles. The van der Waals surface area contributed by atoms with Crippen LogP contribution in [0.5, 0.6) is 5.75 Å². The van der Waals surface area contributed by atoms with E-state index >= 15 is 0 Å². The van der Waals surface area contributed by atoms with Gasteiger partial charge in [0, 0.05) is 23.1 Å². The normalized spacial score (nSPS) is 26.5. The average molecular weight is 574 g/mol. The number of hydrogen-bond donors (Lipinski definition) is 2. The zero-order chi connectivity index (χ0) is 26.9. The highest BCUT2D eigenvalue weighted by Gasteiger charge is 2.56. The van der Waals surface area contributed by atoms with E-state index in [0.717, 1.165) is 10.5 Å². The van der Waals surface area contributed by atoms with E-state index in [1.807, 2.05) is 6.08 Å². The topological polar surface area (TPSA) is 129 Å². The highest BCUT2D eigenvalue weighted by molar-refractivity contribution is 9.12. The zero-order valence-corrected chi connectivity index (χ0v) is 21.3. The summed E-state index contributed by atoms with van der Waals surface area (Å²) in [6.45, 7) is 0. The number of halogens is 1. The molecule has 1 aliphatic heterocycles. The number of nitrogens with zero attached hydrogens (tertiary/aromatic N) is 1. The number of Topliss-reactive ketones (excluding diaryl/α,β-unsaturated/α-hetero) is 1. The van der Waals surface area contributed by atoms with Gasteiger partial charge in [-0.15, -0.1) is 0 Å². The minimum absolute atomic E-state index is 0.0420. The van der Waals surface area contributed by atoms with E-state index < -0.39 is 41.5 Å². The first kappa shape index (κ1) is 24.2. The fourth-order valence-corrected chi connectivity index (χ4v) is 6.73. The van der Waals surface area contributed by atoms with Gasteiger partial charge >= 0.3 is 5.97 Å². The molecule has 38 heavy (non-hydrogen) atoms. The van der Waals surface area contributed by atoms with Gasteiger partial charge in [-0.25, -0.2) is 4.79 Å². The van der Waals surface area contributed by atoms with Crippen LogP contribution < -0.4 is 4.90 Å². The highest BCUT2D eigenvalue weighted by Crippen LogP contribution is 2.55. The van der Waals surface area contributed by atoms with Crippen molar-refractivity contribution in [3.63, 3.8) is 0 Å². The number of benzene rings is 2. The van der Waals surface area contributed by atoms with Crippen molar-refractivity contribution in [2.75, 3.05) is 4.90 Å². The van der Waals surface area contributed by atoms with Crippen LogP contribution >= 0.6 is 15.9 Å². The molecule has 4 aliphatic rings. The maximum absolute atomic E-state index is 13.9. The van der Waals surface area contributed by atoms with E-state index in [1.54, 1.807) is 12.1 Å². The van der Waals surface area contributed by atoms with Crippen LogP contribution in [0.2, 0.25) is 0 Å². The van der Waals surface area contributed by atoms with Crippen molar-refractivity contribution < 1.29 is 34.2 Å². The van der Waals surface area contributed by atoms with Gasteiger partial charge in [0.2, 0.25) is 11.8 Å². The van der Waals surface area contributed by atoms with Crippen molar-refractivity contribution in [1.82, 2.24) is 0 Å². The summed E-state index contributed by atoms with van der Waals surface area (Å²) in [5, 5.41) is 19.2. The van der Waals surface area contributed by atoms with Gasteiger partial charge in [-0.2, -0.15) is 0 Å². The number of phenolic OH excluding ortho intramolecular Hbond substituents is 1. The van der Waals surface area contributed by atoms with Crippen LogP contribution in [0, 0.1) is 17.8 Å². The second-order valence-electron chi connectivity index (χ2n) is 9.85. The Morgan fingerprint density at radius 1 is 0.974 bits per heavy atom. The van der Waals surface area contributed by atoms with E-state index in [4.69, 9.17) is 0 Å². The van der Waals surface area contributed by atoms with Gasteiger partial charge < -0.3 is 10.2 Å². The summed E-state index contributed by atoms with van der Waals surface area (Å²) < 4.78 is 0.145. The summed E-state index contributed by atoms with van der Waals surface area (Å²) in [7, 11) is 0. The Labute approximate surface area is 225 Å². The molecule has 2 N–H and O–H groups in total. The third-order valence-corrected chi connectivity index (χ3v) is 8.50. The summed E-state index contributed by atoms with van der Waals surface area (Å²) in [4.78, 5) is 66.3. The van der Waals surface area contributed by atoms with Crippen LogP contribution in [0.4, 0.5) is 5.69 Å². The summed E-state index contributed by atoms with van der Waals surface area (Å²) in [5.74, 6) is -5.15. The van der Waals surface area contributed by atoms with Crippen LogP contribution in [0.25, 0.3) is 0 Å². The molecule has 2 aromatic carbocycles. The standard InChI is InChI=1S/C29H20BrNO7/c30-21-12-22(33)25-20(26(21)34)11-19-17(23(25)13-4-6-16(32)7-5-13)8-9-18-24(19)28(36)31(27(18)35)15-3-1-2-14(10-15)29(37)38/h1-8,10,12,18-19,23-24,32H,9,11H2,(H,37,38)/t18-,19+,23-,24-/m0/s1. The molecule has 0 bridgehead atoms. The second kappa shape index (κ2) is 8.73. The molecule has 0 saturated carbocycles. The second-order valence-corrected chi connectivity index (χ2v) is 10.7. The maximum atomic E-state index is 13.9. The van der Waals surface area contributed by atoms with Crippen LogP contribution in [-0.2, 0) is 19.2 Å². The van der Waals surface area contributed by atoms with Gasteiger partial charge in [0.25, 0.3) is 0 Å². The lowest BCUT2D eigenvalue weighted by atomic mass is 9.59. The zero-order valence-electron chi connectivity index (χ0n) is 19.8. The molecule has 6 rings (SSSR count). The molecule has 9 heteroatoms. The van der Waals surface area contributed by atoms with Gasteiger partial charge in [-0.1, -0.05) is 29.8 Å². The number of aromatic hydroxyl groups is 1. The number of carboxylic acid groups (broad SMARTS) is 1. The first-order valence-electron chi connectivity index (χ1n) is 12.1. The number of ketones is 2. The number of anilines is 1. The lowest BCUT2D eigenvalue weighted by Crippen LogP contribution is -2.39. The largest absolute Gasteiger partial charge is 0.508 e. The minimum Gasteiger partial charge on any atom is -0.508 e. The summed E-state index contributed by atoms with van der Waals surface area (Å²) >= 11 is 3.20. The Hall–Kier alpha value is -4.11. The SMILES string of the molecule is O=C1C=C(Br)C(=O)C2=C1[C@@H](c1ccc(O)cc1)C1=CC[C@@H]3C(=O)N(c4cccc(C(=O)O)c4)C(=O)[C@@H]3[C@@H]1C2. The summed E-state index contributed by atoms with van der Waals surface area (Å²) in [6, 6.07) is 12.1. The number of allylic oxidation sites excluding steroid dienone is 6. The predicted octanol–water partition coefficient (Wildman–Crippen LogP) is 4.06. The predicted molar refractivity (Wildman–Crippen MR) is 139 cm³/mol. The Balaban J connectivity index is 1.47. The average Bonchev–Trinajstić information content (AvgIpc) is 3.16. The fourth-order valence-electron chi connectivity index (χ4n) is 6.29. The molecule has 1 heterocycles. The minimum atomic E-state index is -1.17. The number of hydrogen-bond acceptors (Lipinski definition) is 6. The smallest absolute Gasteiger partial charge is 0.335 e.